The van der Waals surface area contributed by atoms with Gasteiger partial charge in [-0.2, -0.15) is 0 Å². The van der Waals surface area contributed by atoms with E-state index in [4.69, 9.17) is 44.6 Å². The van der Waals surface area contributed by atoms with E-state index < -0.39 is 0 Å². The monoisotopic (exact) mass is 930 g/mol. The Morgan fingerprint density at radius 2 is 1.14 bits per heavy atom. The first kappa shape index (κ1) is 51.5. The number of benzene rings is 2. The Labute approximate surface area is 407 Å². The summed E-state index contributed by atoms with van der Waals surface area (Å²) in [5.74, 6) is 8.43. The van der Waals surface area contributed by atoms with E-state index in [0.717, 1.165) is 69.8 Å². The zero-order valence-corrected chi connectivity index (χ0v) is 43.2. The van der Waals surface area contributed by atoms with Crippen molar-refractivity contribution in [3.05, 3.63) is 149 Å². The summed E-state index contributed by atoms with van der Waals surface area (Å²) >= 11 is 0.929. The molecule has 0 saturated heterocycles. The predicted molar refractivity (Wildman–Crippen MR) is 276 cm³/mol. The number of unbranched alkanes of at least 4 members (excludes halogenated alkanes) is 8. The molecule has 0 bridgehead atoms. The molecule has 0 spiro atoms. The average Bonchev–Trinajstić information content (AvgIpc) is 4.15. The quantitative estimate of drug-likeness (QED) is 0.0247. The molecule has 0 amide bonds. The molecule has 2 aliphatic rings. The van der Waals surface area contributed by atoms with E-state index in [2.05, 4.69) is 80.9 Å². The molecule has 2 unspecified atom stereocenters. The van der Waals surface area contributed by atoms with Crippen LogP contribution in [0.4, 0.5) is 0 Å². The number of aliphatic imine (C=N–C) groups is 2. The molecule has 0 aliphatic carbocycles. The molecule has 0 fully saturated rings. The van der Waals surface area contributed by atoms with Crippen LogP contribution in [0.25, 0.3) is 16.9 Å². The van der Waals surface area contributed by atoms with E-state index in [1.54, 1.807) is 0 Å². The van der Waals surface area contributed by atoms with E-state index in [1.807, 2.05) is 48.6 Å². The third kappa shape index (κ3) is 15.0. The Morgan fingerprint density at radius 3 is 1.67 bits per heavy atom. The van der Waals surface area contributed by atoms with Crippen LogP contribution in [-0.2, 0) is 17.9 Å². The Balaban J connectivity index is 1.38. The van der Waals surface area contributed by atoms with Crippen molar-refractivity contribution in [1.29, 1.82) is 0 Å². The van der Waals surface area contributed by atoms with Gasteiger partial charge in [-0.25, -0.2) is 0 Å². The number of aromatic amines is 1. The molecule has 2 aromatic carbocycles. The van der Waals surface area contributed by atoms with Crippen molar-refractivity contribution >= 4 is 26.7 Å². The molecule has 7 heteroatoms. The fourth-order valence-corrected chi connectivity index (χ4v) is 9.38. The second kappa shape index (κ2) is 27.9. The van der Waals surface area contributed by atoms with Gasteiger partial charge in [0.2, 0.25) is 0 Å². The fourth-order valence-electron chi connectivity index (χ4n) is 8.47. The van der Waals surface area contributed by atoms with Gasteiger partial charge in [-0.15, -0.1) is 6.42 Å². The van der Waals surface area contributed by atoms with Gasteiger partial charge in [0, 0.05) is 0 Å². The average molecular weight is 933 g/mol. The first-order valence-electron chi connectivity index (χ1n) is 24.6. The minimum atomic E-state index is 0.0654. The summed E-state index contributed by atoms with van der Waals surface area (Å²) < 4.78 is 13.9. The number of H-pyrrole nitrogens is 1. The minimum absolute atomic E-state index is 0.0654. The summed E-state index contributed by atoms with van der Waals surface area (Å²) in [7, 11) is 0. The molecule has 3 heterocycles. The van der Waals surface area contributed by atoms with Crippen LogP contribution in [0.15, 0.2) is 124 Å². The van der Waals surface area contributed by atoms with Gasteiger partial charge in [0.15, 0.2) is 0 Å². The van der Waals surface area contributed by atoms with Crippen molar-refractivity contribution < 1.29 is 27.3 Å². The van der Waals surface area contributed by atoms with Crippen molar-refractivity contribution in [2.45, 2.75) is 130 Å². The van der Waals surface area contributed by atoms with Crippen LogP contribution in [0, 0.1) is 43.1 Å². The summed E-state index contributed by atoms with van der Waals surface area (Å²) in [4.78, 5) is 13.7. The molecular weight excluding hydrogens is 862 g/mol. The topological polar surface area (TPSA) is 82.8 Å². The maximum absolute atomic E-state index is 8.33. The molecule has 0 radical (unpaired) electrons. The number of nitrogens with one attached hydrogen (secondary N) is 2. The van der Waals surface area contributed by atoms with Crippen molar-refractivity contribution in [1.82, 2.24) is 4.98 Å². The third-order valence-electron chi connectivity index (χ3n) is 12.5. The van der Waals surface area contributed by atoms with Gasteiger partial charge in [0.25, 0.3) is 0 Å². The van der Waals surface area contributed by atoms with E-state index in [0.29, 0.717) is 46.7 Å². The van der Waals surface area contributed by atoms with Crippen LogP contribution in [0.1, 0.15) is 153 Å². The van der Waals surface area contributed by atoms with Crippen LogP contribution in [0.3, 0.4) is 0 Å². The third-order valence-corrected chi connectivity index (χ3v) is 14.1. The summed E-state index contributed by atoms with van der Waals surface area (Å²) in [5, 5.41) is 0. The number of allylic oxidation sites excluding steroid dienone is 7. The number of nitrogens with zero attached hydrogens (tertiary/aromatic N) is 2. The Morgan fingerprint density at radius 1 is 0.636 bits per heavy atom. The van der Waals surface area contributed by atoms with Crippen LogP contribution in [0.2, 0.25) is 0 Å². The molecular formula is C59H70N4O2Zn-2. The van der Waals surface area contributed by atoms with E-state index >= 15 is 0 Å². The molecule has 2 atom stereocenters. The molecule has 1 aromatic heterocycles. The van der Waals surface area contributed by atoms with Crippen LogP contribution < -0.4 is 9.47 Å². The van der Waals surface area contributed by atoms with Gasteiger partial charge in [0.1, 0.15) is 5.75 Å². The van der Waals surface area contributed by atoms with Gasteiger partial charge in [-0.3, -0.25) is 18.4 Å². The van der Waals surface area contributed by atoms with E-state index in [-0.39, 0.29) is 5.70 Å². The standard InChI is InChI=1S/C59H70N4O2.Zn/c1-8-15-19-21-25-45(23-17-10-3)42-64-49-32-27-44(28-33-49)41-48-31-36-55(61-48)52(13-6)56-38-40-58(63-56)59(57-39-37-54(62-57)51(12-5)53(60)14-7)47-29-34-50(35-30-47)65-43-46(24-18-11-4)26-22-20-16-9-2;/h5-7,14,27-40,45-46,60,62H,8-11,15-26,42-43H2,1-4H3;/q-2;/b53-51-,55-52-,59-58-;. The molecule has 6 nitrogen and oxygen atoms in total. The van der Waals surface area contributed by atoms with Crippen molar-refractivity contribution in [3.63, 3.8) is 0 Å². The summed E-state index contributed by atoms with van der Waals surface area (Å²) in [6.07, 6.45) is 41.3. The molecule has 342 valence electrons. The van der Waals surface area contributed by atoms with E-state index in [9.17, 15) is 0 Å². The predicted octanol–water partition coefficient (Wildman–Crippen LogP) is 15.1. The molecule has 2 N–H and O–H groups in total. The molecule has 0 saturated carbocycles. The first-order chi connectivity index (χ1) is 32.3. The van der Waals surface area contributed by atoms with E-state index in [1.165, 1.54) is 113 Å². The Kier molecular flexibility index (Phi) is 21.7. The van der Waals surface area contributed by atoms with Crippen LogP contribution in [0.5, 0.6) is 11.5 Å². The van der Waals surface area contributed by atoms with Gasteiger partial charge >= 0.3 is 266 Å². The van der Waals surface area contributed by atoms with Crippen molar-refractivity contribution in [3.8, 4) is 36.2 Å². The molecule has 2 aliphatic heterocycles. The fraction of sp³-hybridized carbons (Fsp3) is 0.407. The van der Waals surface area contributed by atoms with Gasteiger partial charge in [-0.1, -0.05) is 77.2 Å². The summed E-state index contributed by atoms with van der Waals surface area (Å²) in [6.45, 7) is 16.2. The van der Waals surface area contributed by atoms with Crippen molar-refractivity contribution in [2.24, 2.45) is 21.8 Å². The number of hydrogen-bond acceptors (Lipinski definition) is 4. The van der Waals surface area contributed by atoms with Crippen molar-refractivity contribution in [2.75, 3.05) is 13.2 Å². The summed E-state index contributed by atoms with van der Waals surface area (Å²) in [5.41, 5.74) is 16.7. The number of terminal acetylenes is 2. The molecule has 5 rings (SSSR count). The first-order valence-corrected chi connectivity index (χ1v) is 26.1. The SMILES string of the molecule is C#C/C(C1=N/C(=C(/c2ccc(OCC(CCCC)CCCCCC)cc2)c2ccc(/C(C#C)=C(\[NH-])C=[CH-])[nH]2)C=C1)=C1\C=CC([C](=[Zn])c2ccc(OCC(CCCC)CCCCCC)cc2)=N1. The molecule has 3 aromatic rings. The summed E-state index contributed by atoms with van der Waals surface area (Å²) in [6, 6.07) is 20.5. The number of rotatable bonds is 29. The zero-order chi connectivity index (χ0) is 47.1. The van der Waals surface area contributed by atoms with Gasteiger partial charge in [0.05, 0.1) is 6.61 Å². The Bertz CT molecular complexity index is 2390. The number of hydrogen-bond donors (Lipinski definition) is 1. The second-order valence-electron chi connectivity index (χ2n) is 17.6. The number of aromatic nitrogens is 1. The number of ether oxygens (including phenoxy) is 2. The van der Waals surface area contributed by atoms with Crippen LogP contribution >= 0.6 is 0 Å². The van der Waals surface area contributed by atoms with Gasteiger partial charge in [-0.05, 0) is 18.8 Å². The zero-order valence-electron chi connectivity index (χ0n) is 40.2. The maximum atomic E-state index is 8.33. The van der Waals surface area contributed by atoms with Crippen LogP contribution in [-0.4, -0.2) is 33.7 Å². The molecule has 66 heavy (non-hydrogen) atoms. The van der Waals surface area contributed by atoms with Gasteiger partial charge < -0.3 is 10.5 Å². The normalized spacial score (nSPS) is 15.9. The Hall–Kier alpha value is -5.49. The second-order valence-corrected chi connectivity index (χ2v) is 19.1.